The minimum Gasteiger partial charge on any atom is -0.374 e. The molecule has 1 atom stereocenters. The highest BCUT2D eigenvalue weighted by Gasteiger charge is 2.18. The number of anilines is 2. The van der Waals surface area contributed by atoms with Gasteiger partial charge in [-0.1, -0.05) is 18.2 Å². The lowest BCUT2D eigenvalue weighted by molar-refractivity contribution is -0.385. The predicted molar refractivity (Wildman–Crippen MR) is 104 cm³/mol. The van der Waals surface area contributed by atoms with Crippen molar-refractivity contribution in [1.29, 1.82) is 0 Å². The molecule has 1 unspecified atom stereocenters. The van der Waals surface area contributed by atoms with Crippen LogP contribution in [0.5, 0.6) is 0 Å². The highest BCUT2D eigenvalue weighted by molar-refractivity contribution is 5.97. The predicted octanol–water partition coefficient (Wildman–Crippen LogP) is 2.63. The van der Waals surface area contributed by atoms with Crippen LogP contribution in [0.4, 0.5) is 17.1 Å². The summed E-state index contributed by atoms with van der Waals surface area (Å²) in [5.41, 5.74) is 2.36. The van der Waals surface area contributed by atoms with E-state index >= 15 is 0 Å². The molecule has 0 aliphatic heterocycles. The van der Waals surface area contributed by atoms with E-state index in [1.807, 2.05) is 12.1 Å². The first-order valence-electron chi connectivity index (χ1n) is 8.42. The third-order valence-corrected chi connectivity index (χ3v) is 4.13. The van der Waals surface area contributed by atoms with Gasteiger partial charge in [0.15, 0.2) is 0 Å². The number of likely N-dealkylation sites (N-methyl/N-ethyl adjacent to an activating group) is 1. The van der Waals surface area contributed by atoms with Crippen molar-refractivity contribution in [3.63, 3.8) is 0 Å². The number of rotatable bonds is 7. The van der Waals surface area contributed by atoms with Crippen LogP contribution in [-0.2, 0) is 16.0 Å². The summed E-state index contributed by atoms with van der Waals surface area (Å²) in [4.78, 5) is 34.3. The van der Waals surface area contributed by atoms with Gasteiger partial charge >= 0.3 is 0 Å². The maximum atomic E-state index is 12.4. The molecule has 0 heterocycles. The lowest BCUT2D eigenvalue weighted by Gasteiger charge is -2.16. The maximum absolute atomic E-state index is 12.4. The molecule has 142 valence electrons. The summed E-state index contributed by atoms with van der Waals surface area (Å²) >= 11 is 0. The smallest absolute Gasteiger partial charge is 0.274 e. The van der Waals surface area contributed by atoms with Crippen LogP contribution >= 0.6 is 0 Å². The molecule has 2 rings (SSSR count). The largest absolute Gasteiger partial charge is 0.374 e. The fourth-order valence-electron chi connectivity index (χ4n) is 2.51. The molecule has 0 aliphatic rings. The van der Waals surface area contributed by atoms with Crippen molar-refractivity contribution in [2.24, 2.45) is 0 Å². The molecule has 0 fully saturated rings. The highest BCUT2D eigenvalue weighted by Crippen LogP contribution is 2.25. The molecule has 0 bridgehead atoms. The van der Waals surface area contributed by atoms with Crippen LogP contribution in [0.2, 0.25) is 0 Å². The second-order valence-corrected chi connectivity index (χ2v) is 6.11. The molecule has 0 saturated carbocycles. The molecule has 3 N–H and O–H groups in total. The minimum absolute atomic E-state index is 0.0416. The Balaban J connectivity index is 2.01. The number of hydrogen-bond acceptors (Lipinski definition) is 5. The Morgan fingerprint density at radius 2 is 1.81 bits per heavy atom. The van der Waals surface area contributed by atoms with E-state index < -0.39 is 11.0 Å². The standard InChI is InChI=1S/C19H22N4O4/c1-12-16(5-4-6-17(12)23(26)27)22-19(25)13(2)21-15-9-7-14(8-10-15)11-18(24)20-3/h4-10,13,21H,11H2,1-3H3,(H,20,24)(H,22,25). The normalized spacial score (nSPS) is 11.4. The molecule has 0 radical (unpaired) electrons. The van der Waals surface area contributed by atoms with Gasteiger partial charge in [0.2, 0.25) is 11.8 Å². The van der Waals surface area contributed by atoms with Gasteiger partial charge in [-0.05, 0) is 37.6 Å². The summed E-state index contributed by atoms with van der Waals surface area (Å²) in [5, 5.41) is 19.3. The average Bonchev–Trinajstić information content (AvgIpc) is 2.64. The summed E-state index contributed by atoms with van der Waals surface area (Å²) in [7, 11) is 1.58. The Hall–Kier alpha value is -3.42. The van der Waals surface area contributed by atoms with Gasteiger partial charge in [-0.3, -0.25) is 19.7 Å². The van der Waals surface area contributed by atoms with E-state index in [1.54, 1.807) is 39.1 Å². The van der Waals surface area contributed by atoms with Gasteiger partial charge in [-0.2, -0.15) is 0 Å². The molecular weight excluding hydrogens is 348 g/mol. The van der Waals surface area contributed by atoms with Crippen LogP contribution in [0.1, 0.15) is 18.1 Å². The Morgan fingerprint density at radius 3 is 2.41 bits per heavy atom. The van der Waals surface area contributed by atoms with Crippen molar-refractivity contribution in [2.45, 2.75) is 26.3 Å². The Morgan fingerprint density at radius 1 is 1.15 bits per heavy atom. The molecule has 0 aliphatic carbocycles. The van der Waals surface area contributed by atoms with Gasteiger partial charge in [-0.15, -0.1) is 0 Å². The first kappa shape index (κ1) is 19.9. The number of benzene rings is 2. The number of hydrogen-bond donors (Lipinski definition) is 3. The van der Waals surface area contributed by atoms with Crippen molar-refractivity contribution >= 4 is 28.9 Å². The van der Waals surface area contributed by atoms with E-state index in [0.29, 0.717) is 17.7 Å². The molecule has 8 heteroatoms. The quantitative estimate of drug-likeness (QED) is 0.512. The van der Waals surface area contributed by atoms with Crippen LogP contribution in [-0.4, -0.2) is 29.8 Å². The number of carbonyl (C=O) groups is 2. The number of nitrogens with one attached hydrogen (secondary N) is 3. The molecule has 2 aromatic rings. The van der Waals surface area contributed by atoms with E-state index in [1.165, 1.54) is 12.1 Å². The van der Waals surface area contributed by atoms with Crippen molar-refractivity contribution < 1.29 is 14.5 Å². The van der Waals surface area contributed by atoms with Crippen molar-refractivity contribution in [2.75, 3.05) is 17.7 Å². The monoisotopic (exact) mass is 370 g/mol. The first-order chi connectivity index (χ1) is 12.8. The average molecular weight is 370 g/mol. The van der Waals surface area contributed by atoms with E-state index in [0.717, 1.165) is 11.3 Å². The topological polar surface area (TPSA) is 113 Å². The SMILES string of the molecule is CNC(=O)Cc1ccc(NC(C)C(=O)Nc2cccc([N+](=O)[O-])c2C)cc1. The van der Waals surface area contributed by atoms with Gasteiger partial charge in [0.05, 0.1) is 22.6 Å². The van der Waals surface area contributed by atoms with E-state index in [-0.39, 0.29) is 17.5 Å². The summed E-state index contributed by atoms with van der Waals surface area (Å²) in [5.74, 6) is -0.385. The lowest BCUT2D eigenvalue weighted by atomic mass is 10.1. The molecule has 8 nitrogen and oxygen atoms in total. The van der Waals surface area contributed by atoms with Gasteiger partial charge in [0, 0.05) is 18.8 Å². The van der Waals surface area contributed by atoms with Gasteiger partial charge in [0.1, 0.15) is 6.04 Å². The molecule has 27 heavy (non-hydrogen) atoms. The Labute approximate surface area is 157 Å². The van der Waals surface area contributed by atoms with E-state index in [4.69, 9.17) is 0 Å². The van der Waals surface area contributed by atoms with Crippen LogP contribution < -0.4 is 16.0 Å². The minimum atomic E-state index is -0.562. The van der Waals surface area contributed by atoms with E-state index in [2.05, 4.69) is 16.0 Å². The van der Waals surface area contributed by atoms with Gasteiger partial charge in [-0.25, -0.2) is 0 Å². The van der Waals surface area contributed by atoms with Crippen molar-refractivity contribution in [3.8, 4) is 0 Å². The number of nitrogens with zero attached hydrogens (tertiary/aromatic N) is 1. The molecule has 0 spiro atoms. The summed E-state index contributed by atoms with van der Waals surface area (Å²) in [6.45, 7) is 3.29. The Bertz CT molecular complexity index is 849. The highest BCUT2D eigenvalue weighted by atomic mass is 16.6. The third kappa shape index (κ3) is 5.27. The number of carbonyl (C=O) groups excluding carboxylic acids is 2. The first-order valence-corrected chi connectivity index (χ1v) is 8.42. The zero-order chi connectivity index (χ0) is 20.0. The summed E-state index contributed by atoms with van der Waals surface area (Å²) < 4.78 is 0. The maximum Gasteiger partial charge on any atom is 0.274 e. The van der Waals surface area contributed by atoms with Crippen molar-refractivity contribution in [1.82, 2.24) is 5.32 Å². The van der Waals surface area contributed by atoms with Gasteiger partial charge < -0.3 is 16.0 Å². The molecule has 0 saturated heterocycles. The molecule has 2 amide bonds. The van der Waals surface area contributed by atoms with Crippen LogP contribution in [0.25, 0.3) is 0 Å². The summed E-state index contributed by atoms with van der Waals surface area (Å²) in [6, 6.07) is 11.2. The zero-order valence-electron chi connectivity index (χ0n) is 15.4. The fraction of sp³-hybridized carbons (Fsp3) is 0.263. The second-order valence-electron chi connectivity index (χ2n) is 6.11. The lowest BCUT2D eigenvalue weighted by Crippen LogP contribution is -2.32. The second kappa shape index (κ2) is 8.79. The van der Waals surface area contributed by atoms with E-state index in [9.17, 15) is 19.7 Å². The fourth-order valence-corrected chi connectivity index (χ4v) is 2.51. The van der Waals surface area contributed by atoms with Crippen LogP contribution in [0, 0.1) is 17.0 Å². The molecule has 2 aromatic carbocycles. The summed E-state index contributed by atoms with van der Waals surface area (Å²) in [6.07, 6.45) is 0.291. The molecule has 0 aromatic heterocycles. The number of nitro groups is 1. The number of nitro benzene ring substituents is 1. The van der Waals surface area contributed by atoms with Crippen LogP contribution in [0.3, 0.4) is 0 Å². The number of amides is 2. The third-order valence-electron chi connectivity index (χ3n) is 4.13. The van der Waals surface area contributed by atoms with Crippen molar-refractivity contribution in [3.05, 3.63) is 63.7 Å². The van der Waals surface area contributed by atoms with Crippen LogP contribution in [0.15, 0.2) is 42.5 Å². The van der Waals surface area contributed by atoms with Gasteiger partial charge in [0.25, 0.3) is 5.69 Å². The molecular formula is C19H22N4O4. The zero-order valence-corrected chi connectivity index (χ0v) is 15.4. The Kier molecular flexibility index (Phi) is 6.48.